The number of nitrogens with zero attached hydrogens (tertiary/aromatic N) is 4. The summed E-state index contributed by atoms with van der Waals surface area (Å²) in [6, 6.07) is 4.45. The number of aliphatic hydroxyl groups excluding tert-OH is 2. The molecule has 6 atom stereocenters. The zero-order valence-electron chi connectivity index (χ0n) is 25.7. The monoisotopic (exact) mass is 664 g/mol. The van der Waals surface area contributed by atoms with Gasteiger partial charge in [0.15, 0.2) is 17.5 Å². The van der Waals surface area contributed by atoms with Crippen molar-refractivity contribution in [1.82, 2.24) is 20.0 Å². The van der Waals surface area contributed by atoms with Gasteiger partial charge < -0.3 is 29.5 Å². The van der Waals surface area contributed by atoms with E-state index in [1.165, 1.54) is 29.8 Å². The first-order valence-electron chi connectivity index (χ1n) is 15.5. The van der Waals surface area contributed by atoms with Gasteiger partial charge in [0.1, 0.15) is 35.5 Å². The van der Waals surface area contributed by atoms with E-state index in [1.807, 2.05) is 19.1 Å². The van der Waals surface area contributed by atoms with Gasteiger partial charge in [-0.2, -0.15) is 0 Å². The lowest BCUT2D eigenvalue weighted by Crippen LogP contribution is -2.56. The van der Waals surface area contributed by atoms with Crippen LogP contribution in [-0.4, -0.2) is 91.6 Å². The molecule has 3 aromatic rings. The van der Waals surface area contributed by atoms with Crippen LogP contribution in [0.15, 0.2) is 36.7 Å². The molecule has 2 aliphatic heterocycles. The highest BCUT2D eigenvalue weighted by Crippen LogP contribution is 2.55. The summed E-state index contributed by atoms with van der Waals surface area (Å²) in [5.41, 5.74) is -0.201. The molecule has 6 rings (SSSR count). The number of aliphatic hydroxyl groups is 3. The van der Waals surface area contributed by atoms with Crippen molar-refractivity contribution in [2.75, 3.05) is 26.9 Å². The molecule has 2 saturated heterocycles. The third-order valence-electron chi connectivity index (χ3n) is 9.98. The van der Waals surface area contributed by atoms with Crippen molar-refractivity contribution < 1.29 is 42.7 Å². The summed E-state index contributed by atoms with van der Waals surface area (Å²) < 4.78 is 60.7. The van der Waals surface area contributed by atoms with Gasteiger partial charge in [0.25, 0.3) is 0 Å². The SMILES string of the molecule is CO[C@@H]1[C@@H](n2cc(-c3cc(F)c(F)c(F)c3)nn2)[C@@H](O)[C@@H](CO)O[C@H]1S[C@H](c1ncccc1C)C1(O)CCC2(CCOCC2)CC1. The topological polar surface area (TPSA) is 132 Å². The summed E-state index contributed by atoms with van der Waals surface area (Å²) in [4.78, 5) is 4.70. The number of hydrogen-bond acceptors (Lipinski definition) is 10. The molecule has 0 radical (unpaired) electrons. The first kappa shape index (κ1) is 33.3. The number of rotatable bonds is 8. The lowest BCUT2D eigenvalue weighted by atomic mass is 9.64. The van der Waals surface area contributed by atoms with E-state index in [2.05, 4.69) is 10.3 Å². The molecule has 0 bridgehead atoms. The number of pyridine rings is 1. The fourth-order valence-corrected chi connectivity index (χ4v) is 8.88. The second kappa shape index (κ2) is 13.5. The Morgan fingerprint density at radius 2 is 1.80 bits per heavy atom. The summed E-state index contributed by atoms with van der Waals surface area (Å²) in [5, 5.41) is 41.5. The molecule has 1 spiro atoms. The quantitative estimate of drug-likeness (QED) is 0.300. The maximum absolute atomic E-state index is 14.0. The highest BCUT2D eigenvalue weighted by atomic mass is 32.2. The molecule has 0 unspecified atom stereocenters. The molecule has 3 fully saturated rings. The van der Waals surface area contributed by atoms with Gasteiger partial charge in [0.2, 0.25) is 0 Å². The molecule has 1 aromatic carbocycles. The molecule has 2 aromatic heterocycles. The zero-order valence-corrected chi connectivity index (χ0v) is 26.5. The largest absolute Gasteiger partial charge is 0.394 e. The van der Waals surface area contributed by atoms with Crippen LogP contribution < -0.4 is 0 Å². The van der Waals surface area contributed by atoms with E-state index in [0.717, 1.165) is 56.6 Å². The van der Waals surface area contributed by atoms with E-state index < -0.39 is 64.7 Å². The number of benzene rings is 1. The molecule has 0 amide bonds. The average Bonchev–Trinajstić information content (AvgIpc) is 3.55. The molecule has 1 aliphatic carbocycles. The lowest BCUT2D eigenvalue weighted by Gasteiger charge is -2.50. The minimum Gasteiger partial charge on any atom is -0.394 e. The van der Waals surface area contributed by atoms with Gasteiger partial charge in [-0.1, -0.05) is 11.3 Å². The van der Waals surface area contributed by atoms with Crippen LogP contribution >= 0.6 is 11.8 Å². The Bertz CT molecular complexity index is 1490. The van der Waals surface area contributed by atoms with E-state index in [4.69, 9.17) is 19.2 Å². The highest BCUT2D eigenvalue weighted by molar-refractivity contribution is 8.00. The molecule has 3 aliphatic rings. The molecule has 250 valence electrons. The molecular weight excluding hydrogens is 625 g/mol. The van der Waals surface area contributed by atoms with Crippen LogP contribution in [0, 0.1) is 29.8 Å². The van der Waals surface area contributed by atoms with Crippen molar-refractivity contribution in [3.8, 4) is 11.3 Å². The second-order valence-electron chi connectivity index (χ2n) is 12.7. The van der Waals surface area contributed by atoms with Crippen molar-refractivity contribution >= 4 is 11.8 Å². The molecular formula is C32H39F3N4O6S. The molecule has 46 heavy (non-hydrogen) atoms. The van der Waals surface area contributed by atoms with Gasteiger partial charge in [-0.05, 0) is 74.6 Å². The molecule has 14 heteroatoms. The minimum absolute atomic E-state index is 0.0386. The first-order valence-corrected chi connectivity index (χ1v) is 16.4. The lowest BCUT2D eigenvalue weighted by molar-refractivity contribution is -0.186. The van der Waals surface area contributed by atoms with Gasteiger partial charge in [-0.25, -0.2) is 17.9 Å². The molecule has 4 heterocycles. The van der Waals surface area contributed by atoms with Gasteiger partial charge in [0, 0.05) is 32.1 Å². The van der Waals surface area contributed by atoms with Gasteiger partial charge in [-0.3, -0.25) is 4.98 Å². The van der Waals surface area contributed by atoms with Crippen molar-refractivity contribution in [2.24, 2.45) is 5.41 Å². The maximum Gasteiger partial charge on any atom is 0.194 e. The predicted octanol–water partition coefficient (Wildman–Crippen LogP) is 4.28. The summed E-state index contributed by atoms with van der Waals surface area (Å²) in [6.07, 6.45) is 4.56. The number of aromatic nitrogens is 4. The first-order chi connectivity index (χ1) is 22.1. The van der Waals surface area contributed by atoms with Crippen LogP contribution in [-0.2, 0) is 14.2 Å². The van der Waals surface area contributed by atoms with E-state index in [0.29, 0.717) is 18.5 Å². The Hall–Kier alpha value is -2.59. The number of methoxy groups -OCH3 is 1. The Balaban J connectivity index is 1.32. The third kappa shape index (κ3) is 6.32. The Morgan fingerprint density at radius 1 is 1.11 bits per heavy atom. The predicted molar refractivity (Wildman–Crippen MR) is 162 cm³/mol. The number of thioether (sulfide) groups is 1. The molecule has 10 nitrogen and oxygen atoms in total. The standard InChI is InChI=1S/C32H39F3N4O6S/c1-18-4-3-11-36-25(18)29(32(42)7-5-31(6-8-32)9-12-44-13-10-31)46-30-28(43-2)26(27(41)23(17-40)45-30)39-16-22(37-38-39)19-14-20(33)24(35)21(34)15-19/h3-4,11,14-16,23,26-30,40-42H,5-10,12-13,17H2,1-2H3/t23-,26+,27+,28-,29-,30+/m1/s1. The summed E-state index contributed by atoms with van der Waals surface area (Å²) in [5.74, 6) is -4.34. The summed E-state index contributed by atoms with van der Waals surface area (Å²) >= 11 is 1.33. The number of halogens is 3. The van der Waals surface area contributed by atoms with Crippen LogP contribution in [0.5, 0.6) is 0 Å². The van der Waals surface area contributed by atoms with Crippen molar-refractivity contribution in [2.45, 2.75) is 86.1 Å². The van der Waals surface area contributed by atoms with Gasteiger partial charge in [0.05, 0.1) is 29.3 Å². The van der Waals surface area contributed by atoms with Crippen molar-refractivity contribution in [3.63, 3.8) is 0 Å². The Kier molecular flexibility index (Phi) is 9.77. The van der Waals surface area contributed by atoms with Crippen LogP contribution in [0.4, 0.5) is 13.2 Å². The van der Waals surface area contributed by atoms with Crippen molar-refractivity contribution in [1.29, 1.82) is 0 Å². The van der Waals surface area contributed by atoms with Crippen molar-refractivity contribution in [3.05, 3.63) is 65.4 Å². The van der Waals surface area contributed by atoms with E-state index in [-0.39, 0.29) is 16.7 Å². The second-order valence-corrected chi connectivity index (χ2v) is 13.9. The Morgan fingerprint density at radius 3 is 2.43 bits per heavy atom. The van der Waals surface area contributed by atoms with Gasteiger partial charge in [-0.15, -0.1) is 16.9 Å². The van der Waals surface area contributed by atoms with E-state index in [9.17, 15) is 28.5 Å². The van der Waals surface area contributed by atoms with E-state index in [1.54, 1.807) is 6.20 Å². The normalized spacial score (nSPS) is 28.3. The summed E-state index contributed by atoms with van der Waals surface area (Å²) in [6.45, 7) is 2.87. The van der Waals surface area contributed by atoms with E-state index >= 15 is 0 Å². The van der Waals surface area contributed by atoms with Crippen LogP contribution in [0.1, 0.15) is 61.1 Å². The third-order valence-corrected chi connectivity index (χ3v) is 11.6. The van der Waals surface area contributed by atoms with Crippen LogP contribution in [0.3, 0.4) is 0 Å². The number of hydrogen-bond donors (Lipinski definition) is 3. The fraction of sp³-hybridized carbons (Fsp3) is 0.594. The number of ether oxygens (including phenoxy) is 3. The zero-order chi connectivity index (χ0) is 32.6. The molecule has 3 N–H and O–H groups in total. The maximum atomic E-state index is 14.0. The van der Waals surface area contributed by atoms with Crippen LogP contribution in [0.2, 0.25) is 0 Å². The smallest absolute Gasteiger partial charge is 0.194 e. The summed E-state index contributed by atoms with van der Waals surface area (Å²) in [7, 11) is 1.45. The molecule has 1 saturated carbocycles. The fourth-order valence-electron chi connectivity index (χ4n) is 7.11. The Labute approximate surface area is 269 Å². The average molecular weight is 665 g/mol. The van der Waals surface area contributed by atoms with Crippen LogP contribution in [0.25, 0.3) is 11.3 Å². The minimum atomic E-state index is -1.60. The number of aryl methyl sites for hydroxylation is 1. The highest BCUT2D eigenvalue weighted by Gasteiger charge is 2.53. The van der Waals surface area contributed by atoms with Gasteiger partial charge >= 0.3 is 0 Å².